The van der Waals surface area contributed by atoms with Crippen LogP contribution in [0.5, 0.6) is 0 Å². The molecule has 0 aliphatic heterocycles. The van der Waals surface area contributed by atoms with Crippen molar-refractivity contribution in [3.63, 3.8) is 0 Å². The molecule has 1 aromatic heterocycles. The van der Waals surface area contributed by atoms with Gasteiger partial charge in [0.25, 0.3) is 0 Å². The lowest BCUT2D eigenvalue weighted by atomic mass is 10.0. The number of carbonyl (C=O) groups is 1. The summed E-state index contributed by atoms with van der Waals surface area (Å²) < 4.78 is 4.71. The number of aromatic amines is 1. The van der Waals surface area contributed by atoms with E-state index in [0.717, 1.165) is 10.9 Å². The Balaban J connectivity index is 2.58. The molecule has 0 atom stereocenters. The van der Waals surface area contributed by atoms with Crippen LogP contribution in [-0.2, 0) is 4.74 Å². The third-order valence-electron chi connectivity index (χ3n) is 2.76. The molecule has 2 aromatic rings. The van der Waals surface area contributed by atoms with Crippen LogP contribution in [0.25, 0.3) is 10.9 Å². The second-order valence-corrected chi connectivity index (χ2v) is 4.15. The third kappa shape index (κ3) is 1.69. The molecule has 0 unspecified atom stereocenters. The molecule has 1 heterocycles. The Hall–Kier alpha value is -1.77. The first-order chi connectivity index (χ1) is 7.63. The molecule has 84 valence electrons. The Bertz CT molecular complexity index is 526. The summed E-state index contributed by atoms with van der Waals surface area (Å²) in [6.45, 7) is 4.26. The Labute approximate surface area is 94.4 Å². The molecule has 0 saturated heterocycles. The van der Waals surface area contributed by atoms with Gasteiger partial charge in [0.2, 0.25) is 0 Å². The number of hydrogen-bond donors (Lipinski definition) is 1. The van der Waals surface area contributed by atoms with Gasteiger partial charge in [0, 0.05) is 17.1 Å². The summed E-state index contributed by atoms with van der Waals surface area (Å²) in [6.07, 6.45) is 2.00. The number of H-pyrrole nitrogens is 1. The van der Waals surface area contributed by atoms with Crippen molar-refractivity contribution >= 4 is 16.9 Å². The molecule has 1 aromatic carbocycles. The monoisotopic (exact) mass is 217 g/mol. The average Bonchev–Trinajstić information content (AvgIpc) is 2.70. The van der Waals surface area contributed by atoms with Crippen LogP contribution >= 0.6 is 0 Å². The largest absolute Gasteiger partial charge is 0.465 e. The number of rotatable bonds is 2. The van der Waals surface area contributed by atoms with Gasteiger partial charge in [-0.25, -0.2) is 4.79 Å². The predicted molar refractivity (Wildman–Crippen MR) is 63.7 cm³/mol. The minimum Gasteiger partial charge on any atom is -0.465 e. The number of carbonyl (C=O) groups excluding carboxylic acids is 1. The normalized spacial score (nSPS) is 11.0. The summed E-state index contributed by atoms with van der Waals surface area (Å²) in [5.74, 6) is 0.138. The number of aromatic nitrogens is 1. The van der Waals surface area contributed by atoms with E-state index in [-0.39, 0.29) is 5.97 Å². The number of methoxy groups -OCH3 is 1. The highest BCUT2D eigenvalue weighted by atomic mass is 16.5. The lowest BCUT2D eigenvalue weighted by molar-refractivity contribution is 0.0601. The first kappa shape index (κ1) is 10.7. The zero-order valence-corrected chi connectivity index (χ0v) is 9.70. The van der Waals surface area contributed by atoms with Gasteiger partial charge in [0.15, 0.2) is 0 Å². The Kier molecular flexibility index (Phi) is 2.69. The summed E-state index contributed by atoms with van der Waals surface area (Å²) in [6, 6.07) is 5.56. The third-order valence-corrected chi connectivity index (χ3v) is 2.76. The molecule has 0 aliphatic rings. The van der Waals surface area contributed by atoms with E-state index in [1.165, 1.54) is 12.7 Å². The number of hydrogen-bond acceptors (Lipinski definition) is 2. The van der Waals surface area contributed by atoms with Crippen LogP contribution < -0.4 is 0 Å². The molecular weight excluding hydrogens is 202 g/mol. The Morgan fingerprint density at radius 2 is 2.12 bits per heavy atom. The fourth-order valence-electron chi connectivity index (χ4n) is 1.86. The molecule has 0 aliphatic carbocycles. The predicted octanol–water partition coefficient (Wildman–Crippen LogP) is 3.08. The van der Waals surface area contributed by atoms with Crippen LogP contribution in [0, 0.1) is 0 Å². The maximum absolute atomic E-state index is 11.4. The van der Waals surface area contributed by atoms with Crippen molar-refractivity contribution < 1.29 is 9.53 Å². The minimum atomic E-state index is -0.294. The number of benzene rings is 1. The van der Waals surface area contributed by atoms with Crippen LogP contribution in [0.3, 0.4) is 0 Å². The first-order valence-corrected chi connectivity index (χ1v) is 5.33. The van der Waals surface area contributed by atoms with Gasteiger partial charge in [0.1, 0.15) is 0 Å². The van der Waals surface area contributed by atoms with E-state index in [1.54, 1.807) is 6.07 Å². The molecule has 0 radical (unpaired) electrons. The van der Waals surface area contributed by atoms with E-state index >= 15 is 0 Å². The van der Waals surface area contributed by atoms with Crippen molar-refractivity contribution in [1.82, 2.24) is 4.98 Å². The molecule has 0 bridgehead atoms. The van der Waals surface area contributed by atoms with Crippen molar-refractivity contribution in [2.24, 2.45) is 0 Å². The molecule has 0 saturated carbocycles. The number of nitrogens with one attached hydrogen (secondary N) is 1. The van der Waals surface area contributed by atoms with E-state index < -0.39 is 0 Å². The van der Waals surface area contributed by atoms with Crippen molar-refractivity contribution in [2.75, 3.05) is 7.11 Å². The Morgan fingerprint density at radius 1 is 1.38 bits per heavy atom. The van der Waals surface area contributed by atoms with E-state index in [9.17, 15) is 4.79 Å². The molecule has 1 N–H and O–H groups in total. The molecule has 16 heavy (non-hydrogen) atoms. The molecule has 0 amide bonds. The van der Waals surface area contributed by atoms with Crippen LogP contribution in [0.4, 0.5) is 0 Å². The van der Waals surface area contributed by atoms with E-state index in [2.05, 4.69) is 18.8 Å². The SMILES string of the molecule is COC(=O)c1ccc2[nH]cc(C(C)C)c2c1. The highest BCUT2D eigenvalue weighted by Crippen LogP contribution is 2.26. The van der Waals surface area contributed by atoms with Crippen LogP contribution in [-0.4, -0.2) is 18.1 Å². The van der Waals surface area contributed by atoms with E-state index in [1.807, 2.05) is 18.3 Å². The molecule has 0 spiro atoms. The second-order valence-electron chi connectivity index (χ2n) is 4.15. The van der Waals surface area contributed by atoms with Crippen molar-refractivity contribution in [3.05, 3.63) is 35.5 Å². The van der Waals surface area contributed by atoms with Gasteiger partial charge in [-0.3, -0.25) is 0 Å². The quantitative estimate of drug-likeness (QED) is 0.785. The number of fused-ring (bicyclic) bond motifs is 1. The van der Waals surface area contributed by atoms with Gasteiger partial charge < -0.3 is 9.72 Å². The van der Waals surface area contributed by atoms with Crippen molar-refractivity contribution in [2.45, 2.75) is 19.8 Å². The highest BCUT2D eigenvalue weighted by Gasteiger charge is 2.11. The standard InChI is InChI=1S/C13H15NO2/c1-8(2)11-7-14-12-5-4-9(6-10(11)12)13(15)16-3/h4-8,14H,1-3H3. The zero-order valence-electron chi connectivity index (χ0n) is 9.70. The van der Waals surface area contributed by atoms with Gasteiger partial charge in [0.05, 0.1) is 12.7 Å². The van der Waals surface area contributed by atoms with Crippen LogP contribution in [0.15, 0.2) is 24.4 Å². The van der Waals surface area contributed by atoms with E-state index in [0.29, 0.717) is 11.5 Å². The molecule has 2 rings (SSSR count). The number of esters is 1. The average molecular weight is 217 g/mol. The summed E-state index contributed by atoms with van der Waals surface area (Å²) in [7, 11) is 1.40. The summed E-state index contributed by atoms with van der Waals surface area (Å²) >= 11 is 0. The fourth-order valence-corrected chi connectivity index (χ4v) is 1.86. The number of ether oxygens (including phenoxy) is 1. The maximum atomic E-state index is 11.4. The lowest BCUT2D eigenvalue weighted by Crippen LogP contribution is -2.00. The lowest BCUT2D eigenvalue weighted by Gasteiger charge is -2.03. The molecule has 3 nitrogen and oxygen atoms in total. The summed E-state index contributed by atoms with van der Waals surface area (Å²) in [4.78, 5) is 14.6. The Morgan fingerprint density at radius 3 is 2.75 bits per heavy atom. The van der Waals surface area contributed by atoms with Gasteiger partial charge >= 0.3 is 5.97 Å². The maximum Gasteiger partial charge on any atom is 0.337 e. The van der Waals surface area contributed by atoms with Gasteiger partial charge in [-0.1, -0.05) is 13.8 Å². The van der Waals surface area contributed by atoms with Crippen molar-refractivity contribution in [1.29, 1.82) is 0 Å². The summed E-state index contributed by atoms with van der Waals surface area (Å²) in [5, 5.41) is 1.10. The fraction of sp³-hybridized carbons (Fsp3) is 0.308. The first-order valence-electron chi connectivity index (χ1n) is 5.33. The van der Waals surface area contributed by atoms with Gasteiger partial charge in [-0.15, -0.1) is 0 Å². The molecule has 0 fully saturated rings. The second kappa shape index (κ2) is 4.00. The van der Waals surface area contributed by atoms with Crippen molar-refractivity contribution in [3.8, 4) is 0 Å². The highest BCUT2D eigenvalue weighted by molar-refractivity contribution is 5.95. The minimum absolute atomic E-state index is 0.294. The topological polar surface area (TPSA) is 42.1 Å². The van der Waals surface area contributed by atoms with Gasteiger partial charge in [-0.2, -0.15) is 0 Å². The van der Waals surface area contributed by atoms with Crippen LogP contribution in [0.2, 0.25) is 0 Å². The van der Waals surface area contributed by atoms with Gasteiger partial charge in [-0.05, 0) is 29.7 Å². The molecule has 3 heteroatoms. The smallest absolute Gasteiger partial charge is 0.337 e. The van der Waals surface area contributed by atoms with E-state index in [4.69, 9.17) is 4.74 Å². The summed E-state index contributed by atoms with van der Waals surface area (Å²) in [5.41, 5.74) is 2.87. The molecular formula is C13H15NO2. The van der Waals surface area contributed by atoms with Crippen LogP contribution in [0.1, 0.15) is 35.7 Å². The zero-order chi connectivity index (χ0) is 11.7.